The van der Waals surface area contributed by atoms with Crippen LogP contribution in [0.3, 0.4) is 0 Å². The molecule has 0 aromatic carbocycles. The molecule has 0 saturated heterocycles. The van der Waals surface area contributed by atoms with E-state index >= 15 is 0 Å². The predicted molar refractivity (Wildman–Crippen MR) is 79.6 cm³/mol. The van der Waals surface area contributed by atoms with Crippen LogP contribution in [0.25, 0.3) is 0 Å². The highest BCUT2D eigenvalue weighted by atomic mass is 16.5. The highest BCUT2D eigenvalue weighted by Crippen LogP contribution is 2.17. The second-order valence-corrected chi connectivity index (χ2v) is 4.79. The number of hydrogen-bond donors (Lipinski definition) is 0. The van der Waals surface area contributed by atoms with Crippen molar-refractivity contribution in [3.05, 3.63) is 47.0 Å². The molecule has 110 valence electrons. The molecule has 2 aromatic heterocycles. The molecule has 2 aromatic rings. The number of hydrogen-bond acceptors (Lipinski definition) is 5. The third-order valence-corrected chi connectivity index (χ3v) is 3.02. The van der Waals surface area contributed by atoms with E-state index in [1.165, 1.54) is 0 Å². The first-order valence-electron chi connectivity index (χ1n) is 7.11. The summed E-state index contributed by atoms with van der Waals surface area (Å²) in [5, 5.41) is 8.10. The number of carbonyl (C=O) groups excluding carboxylic acids is 1. The largest absolute Gasteiger partial charge is 0.492 e. The van der Waals surface area contributed by atoms with Crippen molar-refractivity contribution < 1.29 is 9.53 Å². The molecule has 0 unspecified atom stereocenters. The fourth-order valence-corrected chi connectivity index (χ4v) is 1.97. The smallest absolute Gasteiger partial charge is 0.196 e. The van der Waals surface area contributed by atoms with Crippen LogP contribution in [-0.4, -0.2) is 27.6 Å². The quantitative estimate of drug-likeness (QED) is 0.764. The zero-order valence-corrected chi connectivity index (χ0v) is 12.6. The first-order valence-corrected chi connectivity index (χ1v) is 7.11. The molecule has 0 radical (unpaired) electrons. The normalized spacial score (nSPS) is 10.4. The summed E-state index contributed by atoms with van der Waals surface area (Å²) in [7, 11) is 0. The lowest BCUT2D eigenvalue weighted by Gasteiger charge is -2.08. The number of ether oxygens (including phenoxy) is 1. The minimum atomic E-state index is -0.0979. The van der Waals surface area contributed by atoms with Crippen molar-refractivity contribution in [2.45, 2.75) is 33.6 Å². The average Bonchev–Trinajstić information content (AvgIpc) is 2.52. The van der Waals surface area contributed by atoms with E-state index in [0.29, 0.717) is 35.6 Å². The zero-order chi connectivity index (χ0) is 15.2. The lowest BCUT2D eigenvalue weighted by atomic mass is 10.0. The summed E-state index contributed by atoms with van der Waals surface area (Å²) in [6, 6.07) is 3.49. The summed E-state index contributed by atoms with van der Waals surface area (Å²) in [5.74, 6) is 0.513. The molecule has 0 aliphatic carbocycles. The molecule has 2 heterocycles. The molecule has 0 fully saturated rings. The van der Waals surface area contributed by atoms with Crippen LogP contribution in [0.5, 0.6) is 5.75 Å². The van der Waals surface area contributed by atoms with Crippen molar-refractivity contribution in [1.82, 2.24) is 15.2 Å². The molecule has 0 aliphatic heterocycles. The minimum absolute atomic E-state index is 0.0979. The number of nitrogens with zero attached hydrogens (tertiary/aromatic N) is 3. The van der Waals surface area contributed by atoms with Crippen LogP contribution in [0.1, 0.15) is 47.6 Å². The number of pyridine rings is 1. The molecule has 5 nitrogen and oxygen atoms in total. The zero-order valence-electron chi connectivity index (χ0n) is 12.6. The molecule has 2 rings (SSSR count). The van der Waals surface area contributed by atoms with Crippen molar-refractivity contribution >= 4 is 5.78 Å². The Morgan fingerprint density at radius 3 is 2.71 bits per heavy atom. The lowest BCUT2D eigenvalue weighted by Crippen LogP contribution is -2.09. The van der Waals surface area contributed by atoms with E-state index in [4.69, 9.17) is 4.74 Å². The SMILES string of the molecule is CCCOc1cncc(C(=O)c2cc(C)nnc2CC)c1. The number of ketones is 1. The number of rotatable bonds is 6. The third kappa shape index (κ3) is 3.62. The molecule has 21 heavy (non-hydrogen) atoms. The molecule has 5 heteroatoms. The summed E-state index contributed by atoms with van der Waals surface area (Å²) in [6.07, 6.45) is 4.74. The maximum absolute atomic E-state index is 12.6. The highest BCUT2D eigenvalue weighted by Gasteiger charge is 2.16. The van der Waals surface area contributed by atoms with Gasteiger partial charge in [0, 0.05) is 17.3 Å². The second-order valence-electron chi connectivity index (χ2n) is 4.79. The first kappa shape index (κ1) is 15.1. The van der Waals surface area contributed by atoms with Gasteiger partial charge in [-0.3, -0.25) is 9.78 Å². The van der Waals surface area contributed by atoms with E-state index in [-0.39, 0.29) is 5.78 Å². The summed E-state index contributed by atoms with van der Waals surface area (Å²) >= 11 is 0. The second kappa shape index (κ2) is 6.92. The molecule has 0 bridgehead atoms. The van der Waals surface area contributed by atoms with Crippen LogP contribution in [0.15, 0.2) is 24.5 Å². The Balaban J connectivity index is 2.33. The Labute approximate surface area is 124 Å². The molecule has 0 spiro atoms. The van der Waals surface area contributed by atoms with Gasteiger partial charge in [0.05, 0.1) is 24.2 Å². The van der Waals surface area contributed by atoms with Gasteiger partial charge >= 0.3 is 0 Å². The summed E-state index contributed by atoms with van der Waals surface area (Å²) in [6.45, 7) is 6.41. The standard InChI is InChI=1S/C16H19N3O2/c1-4-6-21-13-8-12(9-17-10-13)16(20)14-7-11(3)18-19-15(14)5-2/h7-10H,4-6H2,1-3H3. The van der Waals surface area contributed by atoms with Crippen molar-refractivity contribution in [2.24, 2.45) is 0 Å². The maximum atomic E-state index is 12.6. The highest BCUT2D eigenvalue weighted by molar-refractivity contribution is 6.09. The van der Waals surface area contributed by atoms with Gasteiger partial charge in [-0.2, -0.15) is 10.2 Å². The monoisotopic (exact) mass is 285 g/mol. The van der Waals surface area contributed by atoms with Gasteiger partial charge in [0.2, 0.25) is 0 Å². The summed E-state index contributed by atoms with van der Waals surface area (Å²) in [5.41, 5.74) is 2.51. The molecule has 0 amide bonds. The summed E-state index contributed by atoms with van der Waals surface area (Å²) in [4.78, 5) is 16.7. The van der Waals surface area contributed by atoms with Crippen molar-refractivity contribution in [3.63, 3.8) is 0 Å². The molecular weight excluding hydrogens is 266 g/mol. The Bertz CT molecular complexity index is 641. The van der Waals surface area contributed by atoms with Gasteiger partial charge in [-0.05, 0) is 31.9 Å². The molecule has 0 aliphatic rings. The van der Waals surface area contributed by atoms with E-state index in [1.807, 2.05) is 20.8 Å². The topological polar surface area (TPSA) is 65.0 Å². The maximum Gasteiger partial charge on any atom is 0.196 e. The Hall–Kier alpha value is -2.30. The fraction of sp³-hybridized carbons (Fsp3) is 0.375. The van der Waals surface area contributed by atoms with E-state index in [9.17, 15) is 4.79 Å². The van der Waals surface area contributed by atoms with Crippen LogP contribution >= 0.6 is 0 Å². The molecule has 0 saturated carbocycles. The van der Waals surface area contributed by atoms with Gasteiger partial charge in [-0.25, -0.2) is 0 Å². The summed E-state index contributed by atoms with van der Waals surface area (Å²) < 4.78 is 5.52. The van der Waals surface area contributed by atoms with E-state index in [1.54, 1.807) is 24.5 Å². The Kier molecular flexibility index (Phi) is 4.98. The van der Waals surface area contributed by atoms with Crippen LogP contribution in [0, 0.1) is 6.92 Å². The van der Waals surface area contributed by atoms with Gasteiger partial charge in [0.25, 0.3) is 0 Å². The van der Waals surface area contributed by atoms with Crippen LogP contribution < -0.4 is 4.74 Å². The first-order chi connectivity index (χ1) is 10.2. The van der Waals surface area contributed by atoms with Crippen LogP contribution in [0.2, 0.25) is 0 Å². The number of aryl methyl sites for hydroxylation is 2. The van der Waals surface area contributed by atoms with Crippen molar-refractivity contribution in [1.29, 1.82) is 0 Å². The molecular formula is C16H19N3O2. The van der Waals surface area contributed by atoms with E-state index in [2.05, 4.69) is 15.2 Å². The third-order valence-electron chi connectivity index (χ3n) is 3.02. The van der Waals surface area contributed by atoms with Crippen LogP contribution in [0.4, 0.5) is 0 Å². The van der Waals surface area contributed by atoms with E-state index in [0.717, 1.165) is 12.1 Å². The average molecular weight is 285 g/mol. The number of aromatic nitrogens is 3. The fourth-order valence-electron chi connectivity index (χ4n) is 1.97. The minimum Gasteiger partial charge on any atom is -0.492 e. The van der Waals surface area contributed by atoms with Gasteiger partial charge in [0.15, 0.2) is 5.78 Å². The molecule has 0 N–H and O–H groups in total. The Morgan fingerprint density at radius 1 is 1.19 bits per heavy atom. The molecule has 0 atom stereocenters. The Morgan fingerprint density at radius 2 is 2.00 bits per heavy atom. The van der Waals surface area contributed by atoms with Gasteiger partial charge in [-0.1, -0.05) is 13.8 Å². The number of carbonyl (C=O) groups is 1. The lowest BCUT2D eigenvalue weighted by molar-refractivity contribution is 0.103. The van der Waals surface area contributed by atoms with E-state index < -0.39 is 0 Å². The van der Waals surface area contributed by atoms with Crippen molar-refractivity contribution in [2.75, 3.05) is 6.61 Å². The van der Waals surface area contributed by atoms with Gasteiger partial charge < -0.3 is 4.74 Å². The van der Waals surface area contributed by atoms with Gasteiger partial charge in [-0.15, -0.1) is 0 Å². The van der Waals surface area contributed by atoms with Crippen LogP contribution in [-0.2, 0) is 6.42 Å². The van der Waals surface area contributed by atoms with Gasteiger partial charge in [0.1, 0.15) is 5.75 Å². The predicted octanol–water partition coefficient (Wildman–Crippen LogP) is 2.76. The van der Waals surface area contributed by atoms with Crippen molar-refractivity contribution in [3.8, 4) is 5.75 Å².